The second-order valence-electron chi connectivity index (χ2n) is 3.85. The molecular weight excluding hydrogens is 214 g/mol. The number of nitrogens with zero attached hydrogens (tertiary/aromatic N) is 1. The maximum Gasteiger partial charge on any atom is 0.235 e. The quantitative estimate of drug-likeness (QED) is 0.619. The van der Waals surface area contributed by atoms with E-state index in [0.717, 1.165) is 12.8 Å². The first-order valence-electron chi connectivity index (χ1n) is 4.68. The summed E-state index contributed by atoms with van der Waals surface area (Å²) in [5, 5.41) is 10.4. The van der Waals surface area contributed by atoms with Crippen LogP contribution < -0.4 is 0 Å². The normalized spacial score (nSPS) is 16.9. The zero-order chi connectivity index (χ0) is 11.1. The maximum atomic E-state index is 10.3. The number of phenolic OH excluding ortho intramolecular Hbond substituents is 1. The second-order valence-corrected chi connectivity index (χ2v) is 4.29. The van der Waals surface area contributed by atoms with Crippen LogP contribution in [0.5, 0.6) is 5.75 Å². The molecule has 15 heavy (non-hydrogen) atoms. The smallest absolute Gasteiger partial charge is 0.235 e. The molecule has 1 aliphatic rings. The van der Waals surface area contributed by atoms with Crippen LogP contribution in [0.3, 0.4) is 0 Å². The minimum Gasteiger partial charge on any atom is -0.507 e. The fraction of sp³-hybridized carbons (Fsp3) is 0.364. The molecule has 0 radical (unpaired) electrons. The number of benzene rings is 1. The average Bonchev–Trinajstić information content (AvgIpc) is 2.93. The summed E-state index contributed by atoms with van der Waals surface area (Å²) < 4.78 is 0. The van der Waals surface area contributed by atoms with E-state index in [1.807, 2.05) is 0 Å². The molecule has 1 aromatic carbocycles. The monoisotopic (exact) mass is 223 g/mol. The van der Waals surface area contributed by atoms with Crippen LogP contribution in [0.1, 0.15) is 24.0 Å². The van der Waals surface area contributed by atoms with Crippen LogP contribution in [0.2, 0.25) is 5.02 Å². The lowest BCUT2D eigenvalue weighted by molar-refractivity contribution is 0.455. The largest absolute Gasteiger partial charge is 0.507 e. The van der Waals surface area contributed by atoms with Gasteiger partial charge in [0.05, 0.1) is 0 Å². The summed E-state index contributed by atoms with van der Waals surface area (Å²) in [7, 11) is 0. The van der Waals surface area contributed by atoms with E-state index < -0.39 is 5.54 Å². The van der Waals surface area contributed by atoms with Gasteiger partial charge in [-0.3, -0.25) is 0 Å². The molecule has 78 valence electrons. The second kappa shape index (κ2) is 3.37. The van der Waals surface area contributed by atoms with Crippen LogP contribution in [-0.4, -0.2) is 11.2 Å². The molecule has 1 N–H and O–H groups in total. The van der Waals surface area contributed by atoms with Crippen molar-refractivity contribution in [3.8, 4) is 5.75 Å². The lowest BCUT2D eigenvalue weighted by Crippen LogP contribution is -2.03. The number of hydrogen-bond donors (Lipinski definition) is 1. The number of halogens is 1. The summed E-state index contributed by atoms with van der Waals surface area (Å²) in [5.74, 6) is 0.177. The van der Waals surface area contributed by atoms with E-state index in [2.05, 4.69) is 4.99 Å². The van der Waals surface area contributed by atoms with Crippen molar-refractivity contribution < 1.29 is 9.90 Å². The van der Waals surface area contributed by atoms with Gasteiger partial charge in [-0.1, -0.05) is 11.6 Å². The van der Waals surface area contributed by atoms with Gasteiger partial charge in [-0.25, -0.2) is 4.79 Å². The van der Waals surface area contributed by atoms with Crippen LogP contribution in [0.15, 0.2) is 17.1 Å². The summed E-state index contributed by atoms with van der Waals surface area (Å²) in [6, 6.07) is 3.35. The highest BCUT2D eigenvalue weighted by Crippen LogP contribution is 2.53. The predicted molar refractivity (Wildman–Crippen MR) is 56.9 cm³/mol. The summed E-state index contributed by atoms with van der Waals surface area (Å²) in [6.07, 6.45) is 3.07. The molecule has 3 nitrogen and oxygen atoms in total. The number of aliphatic imine (C=N–C) groups is 1. The molecule has 0 bridgehead atoms. The van der Waals surface area contributed by atoms with Crippen LogP contribution in [-0.2, 0) is 10.3 Å². The number of hydrogen-bond acceptors (Lipinski definition) is 3. The molecule has 0 atom stereocenters. The molecule has 0 aromatic heterocycles. The molecule has 0 saturated heterocycles. The molecule has 0 amide bonds. The maximum absolute atomic E-state index is 10.3. The zero-order valence-corrected chi connectivity index (χ0v) is 9.01. The number of isocyanates is 1. The van der Waals surface area contributed by atoms with Gasteiger partial charge in [0, 0.05) is 10.6 Å². The highest BCUT2D eigenvalue weighted by atomic mass is 35.5. The van der Waals surface area contributed by atoms with Crippen molar-refractivity contribution in [1.29, 1.82) is 0 Å². The third-order valence-electron chi connectivity index (χ3n) is 2.75. The van der Waals surface area contributed by atoms with Crippen LogP contribution >= 0.6 is 11.6 Å². The highest BCUT2D eigenvalue weighted by Gasteiger charge is 2.47. The lowest BCUT2D eigenvalue weighted by Gasteiger charge is -2.12. The zero-order valence-electron chi connectivity index (χ0n) is 8.25. The number of phenols is 1. The predicted octanol–water partition coefficient (Wildman–Crippen LogP) is 2.68. The molecule has 1 saturated carbocycles. The lowest BCUT2D eigenvalue weighted by atomic mass is 10.0. The van der Waals surface area contributed by atoms with Gasteiger partial charge in [0.25, 0.3) is 0 Å². The minimum absolute atomic E-state index is 0.177. The summed E-state index contributed by atoms with van der Waals surface area (Å²) in [4.78, 5) is 14.1. The Bertz CT molecular complexity index is 460. The Morgan fingerprint density at radius 1 is 1.53 bits per heavy atom. The van der Waals surface area contributed by atoms with Crippen LogP contribution in [0, 0.1) is 6.92 Å². The van der Waals surface area contributed by atoms with Crippen molar-refractivity contribution in [1.82, 2.24) is 0 Å². The van der Waals surface area contributed by atoms with Crippen molar-refractivity contribution in [2.45, 2.75) is 25.3 Å². The van der Waals surface area contributed by atoms with E-state index in [4.69, 9.17) is 11.6 Å². The number of aryl methyl sites for hydroxylation is 1. The Balaban J connectivity index is 2.57. The molecule has 1 aromatic rings. The Hall–Kier alpha value is -1.31. The van der Waals surface area contributed by atoms with Gasteiger partial charge in [0.15, 0.2) is 0 Å². The summed E-state index contributed by atoms with van der Waals surface area (Å²) in [5.41, 5.74) is 0.766. The molecule has 4 heteroatoms. The average molecular weight is 224 g/mol. The third kappa shape index (κ3) is 1.65. The van der Waals surface area contributed by atoms with Crippen molar-refractivity contribution in [3.63, 3.8) is 0 Å². The minimum atomic E-state index is -0.568. The summed E-state index contributed by atoms with van der Waals surface area (Å²) in [6.45, 7) is 1.77. The standard InChI is InChI=1S/C11H10ClNO2/c1-7-4-8(12)5-9(10(7)15)11(2-3-11)13-6-14/h4-5,15H,2-3H2,1H3. The van der Waals surface area contributed by atoms with E-state index in [-0.39, 0.29) is 5.75 Å². The Morgan fingerprint density at radius 2 is 2.20 bits per heavy atom. The van der Waals surface area contributed by atoms with E-state index in [1.165, 1.54) is 0 Å². The molecule has 1 aliphatic carbocycles. The highest BCUT2D eigenvalue weighted by molar-refractivity contribution is 6.30. The van der Waals surface area contributed by atoms with E-state index in [0.29, 0.717) is 16.1 Å². The molecule has 1 fully saturated rings. The third-order valence-corrected chi connectivity index (χ3v) is 2.97. The number of aromatic hydroxyl groups is 1. The van der Waals surface area contributed by atoms with Gasteiger partial charge in [-0.15, -0.1) is 0 Å². The number of carbonyl (C=O) groups excluding carboxylic acids is 1. The molecule has 0 heterocycles. The van der Waals surface area contributed by atoms with Gasteiger partial charge >= 0.3 is 0 Å². The molecule has 0 aliphatic heterocycles. The Labute approximate surface area is 92.4 Å². The first-order valence-corrected chi connectivity index (χ1v) is 5.05. The molecule has 0 unspecified atom stereocenters. The SMILES string of the molecule is Cc1cc(Cl)cc(C2(N=C=O)CC2)c1O. The van der Waals surface area contributed by atoms with Gasteiger partial charge in [-0.2, -0.15) is 4.99 Å². The van der Waals surface area contributed by atoms with E-state index >= 15 is 0 Å². The van der Waals surface area contributed by atoms with Gasteiger partial charge in [-0.05, 0) is 37.5 Å². The van der Waals surface area contributed by atoms with Crippen molar-refractivity contribution >= 4 is 17.7 Å². The van der Waals surface area contributed by atoms with Crippen LogP contribution in [0.25, 0.3) is 0 Å². The first kappa shape index (κ1) is 10.2. The molecule has 0 spiro atoms. The molecule has 2 rings (SSSR count). The van der Waals surface area contributed by atoms with Crippen molar-refractivity contribution in [2.75, 3.05) is 0 Å². The number of rotatable bonds is 2. The Kier molecular flexibility index (Phi) is 2.29. The van der Waals surface area contributed by atoms with Crippen LogP contribution in [0.4, 0.5) is 0 Å². The summed E-state index contributed by atoms with van der Waals surface area (Å²) >= 11 is 5.90. The molecular formula is C11H10ClNO2. The van der Waals surface area contributed by atoms with Crippen molar-refractivity contribution in [3.05, 3.63) is 28.3 Å². The van der Waals surface area contributed by atoms with E-state index in [9.17, 15) is 9.90 Å². The van der Waals surface area contributed by atoms with Gasteiger partial charge in [0.1, 0.15) is 11.3 Å². The Morgan fingerprint density at radius 3 is 2.73 bits per heavy atom. The first-order chi connectivity index (χ1) is 7.09. The fourth-order valence-corrected chi connectivity index (χ4v) is 2.01. The van der Waals surface area contributed by atoms with E-state index in [1.54, 1.807) is 25.1 Å². The van der Waals surface area contributed by atoms with Gasteiger partial charge in [0.2, 0.25) is 6.08 Å². The fourth-order valence-electron chi connectivity index (χ4n) is 1.74. The van der Waals surface area contributed by atoms with Gasteiger partial charge < -0.3 is 5.11 Å². The van der Waals surface area contributed by atoms with Crippen molar-refractivity contribution in [2.24, 2.45) is 4.99 Å². The topological polar surface area (TPSA) is 49.7 Å².